The van der Waals surface area contributed by atoms with Crippen molar-refractivity contribution in [3.63, 3.8) is 0 Å². The summed E-state index contributed by atoms with van der Waals surface area (Å²) in [6.07, 6.45) is 1.63. The van der Waals surface area contributed by atoms with Crippen molar-refractivity contribution in [2.45, 2.75) is 6.92 Å². The van der Waals surface area contributed by atoms with Crippen molar-refractivity contribution in [1.82, 2.24) is 0 Å². The Morgan fingerprint density at radius 1 is 1.22 bits per heavy atom. The smallest absolute Gasteiger partial charge is 0.124 e. The highest BCUT2D eigenvalue weighted by molar-refractivity contribution is 9.10. The molecule has 0 fully saturated rings. The molecule has 2 aromatic carbocycles. The van der Waals surface area contributed by atoms with E-state index >= 15 is 0 Å². The van der Waals surface area contributed by atoms with Crippen LogP contribution in [0.1, 0.15) is 11.1 Å². The van der Waals surface area contributed by atoms with Gasteiger partial charge in [-0.15, -0.1) is 0 Å². The van der Waals surface area contributed by atoms with Crippen LogP contribution in [0.5, 0.6) is 5.75 Å². The molecule has 4 heteroatoms. The average Bonchev–Trinajstić information content (AvgIpc) is 2.34. The van der Waals surface area contributed by atoms with Crippen molar-refractivity contribution >= 4 is 39.4 Å². The molecule has 0 heterocycles. The van der Waals surface area contributed by atoms with Crippen LogP contribution in [0.4, 0.5) is 5.69 Å². The van der Waals surface area contributed by atoms with E-state index in [-0.39, 0.29) is 5.75 Å². The minimum atomic E-state index is 0.202. The van der Waals surface area contributed by atoms with Gasteiger partial charge in [-0.3, -0.25) is 4.99 Å². The second kappa shape index (κ2) is 5.55. The van der Waals surface area contributed by atoms with Crippen LogP contribution in [0, 0.1) is 6.92 Å². The van der Waals surface area contributed by atoms with Gasteiger partial charge in [-0.05, 0) is 48.9 Å². The molecular weight excluding hydrogens is 314 g/mol. The number of rotatable bonds is 2. The summed E-state index contributed by atoms with van der Waals surface area (Å²) >= 11 is 9.30. The number of aryl methyl sites for hydroxylation is 1. The van der Waals surface area contributed by atoms with E-state index in [1.165, 1.54) is 0 Å². The van der Waals surface area contributed by atoms with Gasteiger partial charge in [-0.1, -0.05) is 27.5 Å². The van der Waals surface area contributed by atoms with Crippen molar-refractivity contribution in [1.29, 1.82) is 0 Å². The van der Waals surface area contributed by atoms with Gasteiger partial charge in [0.25, 0.3) is 0 Å². The molecule has 0 amide bonds. The van der Waals surface area contributed by atoms with E-state index in [1.54, 1.807) is 18.3 Å². The topological polar surface area (TPSA) is 32.6 Å². The second-order valence-electron chi connectivity index (χ2n) is 3.89. The second-order valence-corrected chi connectivity index (χ2v) is 5.22. The highest BCUT2D eigenvalue weighted by Gasteiger charge is 1.99. The summed E-state index contributed by atoms with van der Waals surface area (Å²) < 4.78 is 0.897. The molecule has 2 nitrogen and oxygen atoms in total. The number of phenolic OH excluding ortho intramolecular Hbond substituents is 1. The van der Waals surface area contributed by atoms with Crippen LogP contribution in [0.15, 0.2) is 45.9 Å². The predicted molar refractivity (Wildman–Crippen MR) is 79.2 cm³/mol. The predicted octanol–water partition coefficient (Wildman–Crippen LogP) is 4.87. The van der Waals surface area contributed by atoms with Crippen LogP contribution in [0.2, 0.25) is 5.02 Å². The van der Waals surface area contributed by atoms with E-state index in [4.69, 9.17) is 11.6 Å². The van der Waals surface area contributed by atoms with Crippen molar-refractivity contribution in [3.05, 3.63) is 57.0 Å². The summed E-state index contributed by atoms with van der Waals surface area (Å²) in [6.45, 7) is 1.93. The van der Waals surface area contributed by atoms with E-state index in [9.17, 15) is 5.11 Å². The number of benzene rings is 2. The molecule has 0 saturated heterocycles. The summed E-state index contributed by atoms with van der Waals surface area (Å²) in [5.41, 5.74) is 2.44. The lowest BCUT2D eigenvalue weighted by Gasteiger charge is -2.01. The third-order valence-corrected chi connectivity index (χ3v) is 3.40. The SMILES string of the molecule is Cc1cc(N=Cc2cc(Br)ccc2O)ccc1Cl. The van der Waals surface area contributed by atoms with E-state index in [2.05, 4.69) is 20.9 Å². The largest absolute Gasteiger partial charge is 0.507 e. The van der Waals surface area contributed by atoms with E-state index in [0.717, 1.165) is 20.7 Å². The number of aliphatic imine (C=N–C) groups is 1. The molecule has 0 radical (unpaired) electrons. The monoisotopic (exact) mass is 323 g/mol. The fourth-order valence-electron chi connectivity index (χ4n) is 1.48. The summed E-state index contributed by atoms with van der Waals surface area (Å²) in [7, 11) is 0. The lowest BCUT2D eigenvalue weighted by Crippen LogP contribution is -1.82. The lowest BCUT2D eigenvalue weighted by atomic mass is 10.2. The molecule has 0 atom stereocenters. The zero-order chi connectivity index (χ0) is 13.1. The first kappa shape index (κ1) is 13.1. The van der Waals surface area contributed by atoms with Gasteiger partial charge in [-0.2, -0.15) is 0 Å². The Bertz CT molecular complexity index is 611. The van der Waals surface area contributed by atoms with Gasteiger partial charge in [0.15, 0.2) is 0 Å². The van der Waals surface area contributed by atoms with Crippen LogP contribution in [-0.2, 0) is 0 Å². The zero-order valence-electron chi connectivity index (χ0n) is 9.69. The molecule has 0 aromatic heterocycles. The van der Waals surface area contributed by atoms with Crippen LogP contribution < -0.4 is 0 Å². The van der Waals surface area contributed by atoms with Gasteiger partial charge in [0, 0.05) is 21.3 Å². The minimum absolute atomic E-state index is 0.202. The zero-order valence-corrected chi connectivity index (χ0v) is 12.0. The maximum absolute atomic E-state index is 9.68. The van der Waals surface area contributed by atoms with Crippen LogP contribution in [0.3, 0.4) is 0 Å². The molecule has 0 bridgehead atoms. The van der Waals surface area contributed by atoms with Gasteiger partial charge in [-0.25, -0.2) is 0 Å². The Balaban J connectivity index is 2.29. The highest BCUT2D eigenvalue weighted by atomic mass is 79.9. The van der Waals surface area contributed by atoms with Gasteiger partial charge in [0.05, 0.1) is 5.69 Å². The first-order chi connectivity index (χ1) is 8.56. The van der Waals surface area contributed by atoms with Crippen molar-refractivity contribution in [2.24, 2.45) is 4.99 Å². The number of hydrogen-bond acceptors (Lipinski definition) is 2. The van der Waals surface area contributed by atoms with Crippen molar-refractivity contribution < 1.29 is 5.11 Å². The van der Waals surface area contributed by atoms with Crippen LogP contribution in [-0.4, -0.2) is 11.3 Å². The Kier molecular flexibility index (Phi) is 4.04. The quantitative estimate of drug-likeness (QED) is 0.786. The first-order valence-electron chi connectivity index (χ1n) is 5.35. The van der Waals surface area contributed by atoms with Gasteiger partial charge < -0.3 is 5.11 Å². The van der Waals surface area contributed by atoms with Crippen LogP contribution in [0.25, 0.3) is 0 Å². The first-order valence-corrected chi connectivity index (χ1v) is 6.52. The lowest BCUT2D eigenvalue weighted by molar-refractivity contribution is 0.474. The number of nitrogens with zero attached hydrogens (tertiary/aromatic N) is 1. The van der Waals surface area contributed by atoms with E-state index in [0.29, 0.717) is 5.56 Å². The molecular formula is C14H11BrClNO. The maximum Gasteiger partial charge on any atom is 0.124 e. The van der Waals surface area contributed by atoms with Gasteiger partial charge in [0.2, 0.25) is 0 Å². The van der Waals surface area contributed by atoms with Crippen molar-refractivity contribution in [2.75, 3.05) is 0 Å². The Morgan fingerprint density at radius 3 is 2.72 bits per heavy atom. The Morgan fingerprint density at radius 2 is 2.00 bits per heavy atom. The number of halogens is 2. The summed E-state index contributed by atoms with van der Waals surface area (Å²) in [5, 5.41) is 10.4. The molecule has 0 spiro atoms. The molecule has 2 aromatic rings. The number of hydrogen-bond donors (Lipinski definition) is 1. The molecule has 0 aliphatic carbocycles. The number of phenols is 1. The summed E-state index contributed by atoms with van der Waals surface area (Å²) in [4.78, 5) is 4.32. The Hall–Kier alpha value is -1.32. The molecule has 0 saturated carbocycles. The maximum atomic E-state index is 9.68. The van der Waals surface area contributed by atoms with E-state index < -0.39 is 0 Å². The third kappa shape index (κ3) is 3.12. The Labute approximate surface area is 119 Å². The van der Waals surface area contributed by atoms with Crippen LogP contribution >= 0.6 is 27.5 Å². The molecule has 2 rings (SSSR count). The molecule has 92 valence electrons. The minimum Gasteiger partial charge on any atom is -0.507 e. The average molecular weight is 325 g/mol. The number of aromatic hydroxyl groups is 1. The molecule has 18 heavy (non-hydrogen) atoms. The third-order valence-electron chi connectivity index (χ3n) is 2.48. The normalized spacial score (nSPS) is 11.1. The van der Waals surface area contributed by atoms with E-state index in [1.807, 2.05) is 31.2 Å². The molecule has 0 aliphatic heterocycles. The summed E-state index contributed by atoms with van der Waals surface area (Å²) in [5.74, 6) is 0.202. The summed E-state index contributed by atoms with van der Waals surface area (Å²) in [6, 6.07) is 10.7. The molecule has 0 unspecified atom stereocenters. The van der Waals surface area contributed by atoms with Gasteiger partial charge in [0.1, 0.15) is 5.75 Å². The molecule has 1 N–H and O–H groups in total. The highest BCUT2D eigenvalue weighted by Crippen LogP contribution is 2.23. The van der Waals surface area contributed by atoms with Crippen molar-refractivity contribution in [3.8, 4) is 5.75 Å². The fraction of sp³-hybridized carbons (Fsp3) is 0.0714. The fourth-order valence-corrected chi connectivity index (χ4v) is 1.98. The van der Waals surface area contributed by atoms with Gasteiger partial charge >= 0.3 is 0 Å². The standard InChI is InChI=1S/C14H11BrClNO/c1-9-6-12(3-4-13(9)16)17-8-10-7-11(15)2-5-14(10)18/h2-8,18H,1H3. The molecule has 0 aliphatic rings.